The summed E-state index contributed by atoms with van der Waals surface area (Å²) in [6.07, 6.45) is 5.00. The van der Waals surface area contributed by atoms with E-state index in [4.69, 9.17) is 4.42 Å². The molecular formula is C15H18N2O. The first kappa shape index (κ1) is 11.5. The molecule has 0 atom stereocenters. The first-order valence-electron chi connectivity index (χ1n) is 6.61. The van der Waals surface area contributed by atoms with E-state index in [1.165, 1.54) is 5.56 Å². The molecule has 2 aromatic rings. The summed E-state index contributed by atoms with van der Waals surface area (Å²) >= 11 is 0. The molecule has 1 aliphatic heterocycles. The zero-order valence-electron chi connectivity index (χ0n) is 10.4. The van der Waals surface area contributed by atoms with Crippen molar-refractivity contribution in [1.29, 1.82) is 0 Å². The summed E-state index contributed by atoms with van der Waals surface area (Å²) in [5.74, 6) is 2.43. The van der Waals surface area contributed by atoms with E-state index >= 15 is 0 Å². The van der Waals surface area contributed by atoms with E-state index in [1.807, 2.05) is 24.4 Å². The molecule has 0 radical (unpaired) electrons. The van der Waals surface area contributed by atoms with Crippen LogP contribution in [-0.4, -0.2) is 18.1 Å². The topological polar surface area (TPSA) is 38.1 Å². The average molecular weight is 242 g/mol. The van der Waals surface area contributed by atoms with Crippen LogP contribution in [0.1, 0.15) is 36.0 Å². The summed E-state index contributed by atoms with van der Waals surface area (Å²) in [6, 6.07) is 10.3. The zero-order valence-corrected chi connectivity index (χ0v) is 10.4. The molecule has 0 bridgehead atoms. The summed E-state index contributed by atoms with van der Waals surface area (Å²) in [4.78, 5) is 4.40. The van der Waals surface area contributed by atoms with Crippen molar-refractivity contribution in [1.82, 2.24) is 10.3 Å². The summed E-state index contributed by atoms with van der Waals surface area (Å²) in [5, 5.41) is 3.37. The van der Waals surface area contributed by atoms with Gasteiger partial charge in [0.25, 0.3) is 0 Å². The van der Waals surface area contributed by atoms with Gasteiger partial charge in [0.15, 0.2) is 5.89 Å². The minimum Gasteiger partial charge on any atom is -0.445 e. The van der Waals surface area contributed by atoms with Gasteiger partial charge < -0.3 is 9.73 Å². The lowest BCUT2D eigenvalue weighted by Gasteiger charge is -2.19. The Morgan fingerprint density at radius 2 is 1.94 bits per heavy atom. The molecule has 0 spiro atoms. The Hall–Kier alpha value is -1.61. The number of nitrogens with zero attached hydrogens (tertiary/aromatic N) is 1. The largest absolute Gasteiger partial charge is 0.445 e. The zero-order chi connectivity index (χ0) is 12.2. The summed E-state index contributed by atoms with van der Waals surface area (Å²) in [5.41, 5.74) is 1.25. The van der Waals surface area contributed by atoms with Crippen LogP contribution in [-0.2, 0) is 6.42 Å². The first-order chi connectivity index (χ1) is 8.92. The Bertz CT molecular complexity index is 486. The van der Waals surface area contributed by atoms with Crippen molar-refractivity contribution in [2.45, 2.75) is 25.2 Å². The Labute approximate surface area is 107 Å². The Morgan fingerprint density at radius 3 is 2.72 bits per heavy atom. The van der Waals surface area contributed by atoms with Gasteiger partial charge in [0.2, 0.25) is 0 Å². The normalized spacial score (nSPS) is 16.9. The molecule has 1 aromatic heterocycles. The van der Waals surface area contributed by atoms with Gasteiger partial charge in [-0.05, 0) is 31.5 Å². The van der Waals surface area contributed by atoms with Crippen LogP contribution in [0.3, 0.4) is 0 Å². The van der Waals surface area contributed by atoms with Crippen molar-refractivity contribution in [2.75, 3.05) is 13.1 Å². The first-order valence-corrected chi connectivity index (χ1v) is 6.61. The molecule has 1 aromatic carbocycles. The van der Waals surface area contributed by atoms with E-state index in [0.717, 1.165) is 44.0 Å². The van der Waals surface area contributed by atoms with Gasteiger partial charge >= 0.3 is 0 Å². The molecule has 94 valence electrons. The average Bonchev–Trinajstić information content (AvgIpc) is 2.89. The molecule has 3 nitrogen and oxygen atoms in total. The van der Waals surface area contributed by atoms with E-state index in [9.17, 15) is 0 Å². The van der Waals surface area contributed by atoms with E-state index in [2.05, 4.69) is 22.4 Å². The number of aromatic nitrogens is 1. The third-order valence-electron chi connectivity index (χ3n) is 3.51. The Balaban J connectivity index is 1.69. The van der Waals surface area contributed by atoms with Gasteiger partial charge in [-0.2, -0.15) is 0 Å². The summed E-state index contributed by atoms with van der Waals surface area (Å²) in [7, 11) is 0. The van der Waals surface area contributed by atoms with Crippen LogP contribution in [0, 0.1) is 0 Å². The molecule has 2 heterocycles. The van der Waals surface area contributed by atoms with Crippen LogP contribution in [0.2, 0.25) is 0 Å². The number of nitrogens with one attached hydrogen (secondary N) is 1. The number of piperidine rings is 1. The van der Waals surface area contributed by atoms with E-state index in [1.54, 1.807) is 0 Å². The summed E-state index contributed by atoms with van der Waals surface area (Å²) < 4.78 is 5.89. The maximum absolute atomic E-state index is 5.89. The number of hydrogen-bond acceptors (Lipinski definition) is 3. The van der Waals surface area contributed by atoms with Crippen molar-refractivity contribution in [2.24, 2.45) is 0 Å². The second-order valence-corrected chi connectivity index (χ2v) is 4.84. The van der Waals surface area contributed by atoms with Gasteiger partial charge in [-0.15, -0.1) is 0 Å². The van der Waals surface area contributed by atoms with Crippen LogP contribution < -0.4 is 5.32 Å². The predicted molar refractivity (Wildman–Crippen MR) is 70.6 cm³/mol. The smallest absolute Gasteiger partial charge is 0.198 e. The van der Waals surface area contributed by atoms with Gasteiger partial charge in [0.1, 0.15) is 5.76 Å². The second kappa shape index (κ2) is 5.36. The van der Waals surface area contributed by atoms with Gasteiger partial charge in [-0.1, -0.05) is 30.3 Å². The Kier molecular flexibility index (Phi) is 3.42. The number of oxazole rings is 1. The molecule has 1 N–H and O–H groups in total. The lowest BCUT2D eigenvalue weighted by Crippen LogP contribution is -2.26. The standard InChI is InChI=1S/C15H18N2O/c1-2-4-12(5-3-1)10-15-17-11-14(18-15)13-6-8-16-9-7-13/h1-5,11,13,16H,6-10H2. The molecule has 0 amide bonds. The molecule has 1 saturated heterocycles. The number of benzene rings is 1. The molecule has 0 unspecified atom stereocenters. The van der Waals surface area contributed by atoms with Gasteiger partial charge in [0.05, 0.1) is 6.20 Å². The van der Waals surface area contributed by atoms with Crippen LogP contribution in [0.4, 0.5) is 0 Å². The third-order valence-corrected chi connectivity index (χ3v) is 3.51. The van der Waals surface area contributed by atoms with Crippen LogP contribution in [0.25, 0.3) is 0 Å². The molecule has 0 aliphatic carbocycles. The monoisotopic (exact) mass is 242 g/mol. The van der Waals surface area contributed by atoms with Gasteiger partial charge in [-0.25, -0.2) is 4.98 Å². The molecule has 1 fully saturated rings. The lowest BCUT2D eigenvalue weighted by molar-refractivity contribution is 0.372. The fraction of sp³-hybridized carbons (Fsp3) is 0.400. The SMILES string of the molecule is c1ccc(Cc2ncc(C3CCNCC3)o2)cc1. The van der Waals surface area contributed by atoms with Crippen LogP contribution in [0.5, 0.6) is 0 Å². The summed E-state index contributed by atoms with van der Waals surface area (Å²) in [6.45, 7) is 2.17. The van der Waals surface area contributed by atoms with Crippen LogP contribution >= 0.6 is 0 Å². The fourth-order valence-electron chi connectivity index (χ4n) is 2.47. The highest BCUT2D eigenvalue weighted by Crippen LogP contribution is 2.26. The fourth-order valence-corrected chi connectivity index (χ4v) is 2.47. The van der Waals surface area contributed by atoms with E-state index < -0.39 is 0 Å². The van der Waals surface area contributed by atoms with Crippen molar-refractivity contribution in [3.05, 3.63) is 53.7 Å². The van der Waals surface area contributed by atoms with E-state index in [0.29, 0.717) is 5.92 Å². The molecule has 1 aliphatic rings. The van der Waals surface area contributed by atoms with E-state index in [-0.39, 0.29) is 0 Å². The highest BCUT2D eigenvalue weighted by Gasteiger charge is 2.19. The predicted octanol–water partition coefficient (Wildman–Crippen LogP) is 2.73. The maximum Gasteiger partial charge on any atom is 0.198 e. The van der Waals surface area contributed by atoms with Crippen molar-refractivity contribution < 1.29 is 4.42 Å². The quantitative estimate of drug-likeness (QED) is 0.899. The molecule has 18 heavy (non-hydrogen) atoms. The highest BCUT2D eigenvalue weighted by atomic mass is 16.4. The van der Waals surface area contributed by atoms with Crippen molar-refractivity contribution in [3.63, 3.8) is 0 Å². The number of hydrogen-bond donors (Lipinski definition) is 1. The lowest BCUT2D eigenvalue weighted by atomic mass is 9.96. The van der Waals surface area contributed by atoms with Gasteiger partial charge in [0, 0.05) is 12.3 Å². The third kappa shape index (κ3) is 2.62. The number of rotatable bonds is 3. The Morgan fingerprint density at radius 1 is 1.17 bits per heavy atom. The van der Waals surface area contributed by atoms with Gasteiger partial charge in [-0.3, -0.25) is 0 Å². The molecule has 3 heteroatoms. The minimum absolute atomic E-state index is 0.545. The molecular weight excluding hydrogens is 224 g/mol. The highest BCUT2D eigenvalue weighted by molar-refractivity contribution is 5.18. The second-order valence-electron chi connectivity index (χ2n) is 4.84. The maximum atomic E-state index is 5.89. The van der Waals surface area contributed by atoms with Crippen molar-refractivity contribution >= 4 is 0 Å². The van der Waals surface area contributed by atoms with Crippen LogP contribution in [0.15, 0.2) is 40.9 Å². The molecule has 0 saturated carbocycles. The minimum atomic E-state index is 0.545. The molecule has 3 rings (SSSR count). The van der Waals surface area contributed by atoms with Crippen molar-refractivity contribution in [3.8, 4) is 0 Å².